The molecule has 5 nitrogen and oxygen atoms in total. The smallest absolute Gasteiger partial charge is 0.225 e. The molecule has 1 saturated carbocycles. The van der Waals surface area contributed by atoms with Crippen LogP contribution in [-0.4, -0.2) is 54.1 Å². The van der Waals surface area contributed by atoms with E-state index in [1.54, 1.807) is 0 Å². The number of nitrogens with one attached hydrogen (secondary N) is 1. The molecular formula is C15H25N5. The zero-order valence-electron chi connectivity index (χ0n) is 12.6. The zero-order valence-corrected chi connectivity index (χ0v) is 12.6. The number of rotatable bonds is 3. The normalized spacial score (nSPS) is 21.4. The van der Waals surface area contributed by atoms with Crippen LogP contribution in [0.15, 0.2) is 6.07 Å². The number of nitrogens with zero attached hydrogens (tertiary/aromatic N) is 4. The molecule has 0 bridgehead atoms. The Morgan fingerprint density at radius 1 is 1.10 bits per heavy atom. The van der Waals surface area contributed by atoms with Crippen LogP contribution in [0, 0.1) is 6.92 Å². The van der Waals surface area contributed by atoms with Crippen LogP contribution in [0.5, 0.6) is 0 Å². The van der Waals surface area contributed by atoms with E-state index >= 15 is 0 Å². The zero-order chi connectivity index (χ0) is 13.9. The lowest BCUT2D eigenvalue weighted by Crippen LogP contribution is -2.44. The van der Waals surface area contributed by atoms with Gasteiger partial charge in [0.15, 0.2) is 0 Å². The molecule has 1 aromatic rings. The third-order valence-corrected chi connectivity index (χ3v) is 4.36. The van der Waals surface area contributed by atoms with Crippen molar-refractivity contribution in [3.05, 3.63) is 11.8 Å². The Morgan fingerprint density at radius 2 is 1.80 bits per heavy atom. The van der Waals surface area contributed by atoms with Gasteiger partial charge < -0.3 is 15.1 Å². The summed E-state index contributed by atoms with van der Waals surface area (Å²) >= 11 is 0. The molecule has 0 amide bonds. The van der Waals surface area contributed by atoms with Crippen molar-refractivity contribution in [2.75, 3.05) is 43.4 Å². The van der Waals surface area contributed by atoms with Gasteiger partial charge in [-0.3, -0.25) is 0 Å². The summed E-state index contributed by atoms with van der Waals surface area (Å²) in [6, 6.07) is 2.67. The minimum atomic E-state index is 0.567. The molecule has 2 aliphatic rings. The fourth-order valence-corrected chi connectivity index (χ4v) is 3.07. The number of hydrogen-bond acceptors (Lipinski definition) is 5. The van der Waals surface area contributed by atoms with Crippen LogP contribution in [0.2, 0.25) is 0 Å². The van der Waals surface area contributed by atoms with Crippen molar-refractivity contribution in [2.45, 2.75) is 38.6 Å². The molecule has 1 saturated heterocycles. The second-order valence-corrected chi connectivity index (χ2v) is 6.11. The maximum atomic E-state index is 4.73. The Balaban J connectivity index is 1.72. The Labute approximate surface area is 121 Å². The number of likely N-dealkylation sites (N-methyl/N-ethyl adjacent to an activating group) is 1. The van der Waals surface area contributed by atoms with Crippen LogP contribution in [-0.2, 0) is 0 Å². The highest BCUT2D eigenvalue weighted by molar-refractivity contribution is 5.45. The fourth-order valence-electron chi connectivity index (χ4n) is 3.07. The van der Waals surface area contributed by atoms with Crippen molar-refractivity contribution in [3.8, 4) is 0 Å². The van der Waals surface area contributed by atoms with Gasteiger partial charge in [0.05, 0.1) is 0 Å². The Hall–Kier alpha value is -1.36. The first-order valence-electron chi connectivity index (χ1n) is 7.76. The molecule has 0 radical (unpaired) electrons. The number of aryl methyl sites for hydroxylation is 1. The number of aromatic nitrogens is 2. The van der Waals surface area contributed by atoms with E-state index < -0.39 is 0 Å². The quantitative estimate of drug-likeness (QED) is 0.912. The molecule has 0 unspecified atom stereocenters. The second-order valence-electron chi connectivity index (χ2n) is 6.11. The van der Waals surface area contributed by atoms with Crippen LogP contribution >= 0.6 is 0 Å². The predicted molar refractivity (Wildman–Crippen MR) is 82.4 cm³/mol. The van der Waals surface area contributed by atoms with Gasteiger partial charge in [-0.1, -0.05) is 12.8 Å². The maximum absolute atomic E-state index is 4.73. The summed E-state index contributed by atoms with van der Waals surface area (Å²) in [7, 11) is 2.18. The standard InChI is InChI=1S/C15H25N5/c1-12-11-14(20-9-7-19(2)8-10-20)18-15(16-12)17-13-5-3-4-6-13/h11,13H,3-10H2,1-2H3,(H,16,17,18). The lowest BCUT2D eigenvalue weighted by atomic mass is 10.2. The summed E-state index contributed by atoms with van der Waals surface area (Å²) in [6.45, 7) is 6.37. The molecule has 0 atom stereocenters. The first-order chi connectivity index (χ1) is 9.70. The second kappa shape index (κ2) is 5.95. The SMILES string of the molecule is Cc1cc(N2CCN(C)CC2)nc(NC2CCCC2)n1. The Kier molecular flexibility index (Phi) is 4.05. The minimum Gasteiger partial charge on any atom is -0.354 e. The molecule has 110 valence electrons. The van der Waals surface area contributed by atoms with Gasteiger partial charge in [-0.15, -0.1) is 0 Å². The van der Waals surface area contributed by atoms with Crippen molar-refractivity contribution in [2.24, 2.45) is 0 Å². The van der Waals surface area contributed by atoms with Crippen LogP contribution in [0.1, 0.15) is 31.4 Å². The minimum absolute atomic E-state index is 0.567. The van der Waals surface area contributed by atoms with Crippen molar-refractivity contribution in [1.82, 2.24) is 14.9 Å². The van der Waals surface area contributed by atoms with Crippen molar-refractivity contribution in [3.63, 3.8) is 0 Å². The summed E-state index contributed by atoms with van der Waals surface area (Å²) in [5.74, 6) is 1.89. The lowest BCUT2D eigenvalue weighted by Gasteiger charge is -2.33. The van der Waals surface area contributed by atoms with Gasteiger partial charge >= 0.3 is 0 Å². The molecule has 1 aliphatic carbocycles. The first-order valence-corrected chi connectivity index (χ1v) is 7.76. The van der Waals surface area contributed by atoms with Gasteiger partial charge in [0.2, 0.25) is 5.95 Å². The molecular weight excluding hydrogens is 250 g/mol. The lowest BCUT2D eigenvalue weighted by molar-refractivity contribution is 0.312. The summed E-state index contributed by atoms with van der Waals surface area (Å²) in [5.41, 5.74) is 1.05. The monoisotopic (exact) mass is 275 g/mol. The average molecular weight is 275 g/mol. The van der Waals surface area contributed by atoms with Crippen LogP contribution in [0.4, 0.5) is 11.8 Å². The largest absolute Gasteiger partial charge is 0.354 e. The van der Waals surface area contributed by atoms with E-state index in [9.17, 15) is 0 Å². The highest BCUT2D eigenvalue weighted by atomic mass is 15.3. The van der Waals surface area contributed by atoms with E-state index in [0.717, 1.165) is 43.6 Å². The van der Waals surface area contributed by atoms with E-state index in [1.807, 2.05) is 0 Å². The van der Waals surface area contributed by atoms with Gasteiger partial charge in [0.1, 0.15) is 5.82 Å². The molecule has 1 N–H and O–H groups in total. The van der Waals surface area contributed by atoms with E-state index in [2.05, 4.69) is 40.1 Å². The molecule has 3 rings (SSSR count). The van der Waals surface area contributed by atoms with Crippen molar-refractivity contribution in [1.29, 1.82) is 0 Å². The van der Waals surface area contributed by atoms with Crippen LogP contribution < -0.4 is 10.2 Å². The van der Waals surface area contributed by atoms with Crippen molar-refractivity contribution >= 4 is 11.8 Å². The topological polar surface area (TPSA) is 44.3 Å². The molecule has 20 heavy (non-hydrogen) atoms. The summed E-state index contributed by atoms with van der Waals surface area (Å²) in [4.78, 5) is 14.0. The molecule has 0 spiro atoms. The predicted octanol–water partition coefficient (Wildman–Crippen LogP) is 1.89. The molecule has 2 fully saturated rings. The van der Waals surface area contributed by atoms with Gasteiger partial charge in [-0.05, 0) is 26.8 Å². The summed E-state index contributed by atoms with van der Waals surface area (Å²) < 4.78 is 0. The Bertz CT molecular complexity index is 448. The molecule has 1 aliphatic heterocycles. The van der Waals surface area contributed by atoms with E-state index in [-0.39, 0.29) is 0 Å². The van der Waals surface area contributed by atoms with E-state index in [1.165, 1.54) is 25.7 Å². The number of anilines is 2. The summed E-state index contributed by atoms with van der Waals surface area (Å²) in [6.07, 6.45) is 5.16. The average Bonchev–Trinajstić information content (AvgIpc) is 2.91. The van der Waals surface area contributed by atoms with E-state index in [0.29, 0.717) is 6.04 Å². The van der Waals surface area contributed by atoms with Gasteiger partial charge in [0, 0.05) is 44.0 Å². The Morgan fingerprint density at radius 3 is 2.50 bits per heavy atom. The molecule has 2 heterocycles. The first kappa shape index (κ1) is 13.6. The molecule has 0 aromatic carbocycles. The number of hydrogen-bond donors (Lipinski definition) is 1. The van der Waals surface area contributed by atoms with Gasteiger partial charge in [-0.2, -0.15) is 4.98 Å². The molecule has 1 aromatic heterocycles. The molecule has 5 heteroatoms. The van der Waals surface area contributed by atoms with E-state index in [4.69, 9.17) is 4.98 Å². The summed E-state index contributed by atoms with van der Waals surface area (Å²) in [5, 5.41) is 3.51. The third kappa shape index (κ3) is 3.20. The third-order valence-electron chi connectivity index (χ3n) is 4.36. The van der Waals surface area contributed by atoms with Crippen LogP contribution in [0.3, 0.4) is 0 Å². The van der Waals surface area contributed by atoms with Gasteiger partial charge in [-0.25, -0.2) is 4.98 Å². The fraction of sp³-hybridized carbons (Fsp3) is 0.733. The highest BCUT2D eigenvalue weighted by Gasteiger charge is 2.19. The number of piperazine rings is 1. The van der Waals surface area contributed by atoms with Crippen molar-refractivity contribution < 1.29 is 0 Å². The highest BCUT2D eigenvalue weighted by Crippen LogP contribution is 2.22. The maximum Gasteiger partial charge on any atom is 0.225 e. The van der Waals surface area contributed by atoms with Crippen LogP contribution in [0.25, 0.3) is 0 Å². The van der Waals surface area contributed by atoms with Gasteiger partial charge in [0.25, 0.3) is 0 Å².